The average molecular weight is 570 g/mol. The van der Waals surface area contributed by atoms with Crippen molar-refractivity contribution in [2.45, 2.75) is 39.2 Å². The summed E-state index contributed by atoms with van der Waals surface area (Å²) in [6, 6.07) is 21.1. The van der Waals surface area contributed by atoms with E-state index >= 15 is 0 Å². The lowest BCUT2D eigenvalue weighted by molar-refractivity contribution is -0.141. The van der Waals surface area contributed by atoms with E-state index in [0.29, 0.717) is 5.56 Å². The molecule has 0 spiro atoms. The number of benzene rings is 3. The normalized spacial score (nSPS) is 13.8. The van der Waals surface area contributed by atoms with E-state index in [1.54, 1.807) is 35.8 Å². The molecule has 0 radical (unpaired) electrons. The van der Waals surface area contributed by atoms with Gasteiger partial charge in [0, 0.05) is 6.42 Å². The van der Waals surface area contributed by atoms with Gasteiger partial charge in [0.15, 0.2) is 0 Å². The SMILES string of the molecule is CC(C)C[C@@H](C(=O)N[C@@H](Cc1ccccc1)C(=O)NCS(=O)(=O)O)C(Cc1ccc2ccccc2c1)C(=O)NO. The zero-order valence-corrected chi connectivity index (χ0v) is 23.2. The molecule has 3 atom stereocenters. The average Bonchev–Trinajstić information content (AvgIpc) is 2.92. The van der Waals surface area contributed by atoms with Gasteiger partial charge in [-0.1, -0.05) is 86.6 Å². The van der Waals surface area contributed by atoms with Crippen LogP contribution in [0.5, 0.6) is 0 Å². The predicted octanol–water partition coefficient (Wildman–Crippen LogP) is 2.86. The van der Waals surface area contributed by atoms with E-state index in [2.05, 4.69) is 10.6 Å². The molecule has 0 saturated carbocycles. The molecule has 214 valence electrons. The summed E-state index contributed by atoms with van der Waals surface area (Å²) in [6.07, 6.45) is 0.475. The van der Waals surface area contributed by atoms with E-state index in [9.17, 15) is 28.0 Å². The molecule has 3 aromatic carbocycles. The van der Waals surface area contributed by atoms with Crippen LogP contribution >= 0.6 is 0 Å². The highest BCUT2D eigenvalue weighted by Crippen LogP contribution is 2.27. The summed E-state index contributed by atoms with van der Waals surface area (Å²) in [5, 5.41) is 16.4. The Hall–Kier alpha value is -3.80. The highest BCUT2D eigenvalue weighted by atomic mass is 32.2. The van der Waals surface area contributed by atoms with Crippen molar-refractivity contribution in [2.24, 2.45) is 17.8 Å². The number of fused-ring (bicyclic) bond motifs is 1. The fraction of sp³-hybridized carbons (Fsp3) is 0.345. The van der Waals surface area contributed by atoms with Gasteiger partial charge in [0.2, 0.25) is 17.7 Å². The lowest BCUT2D eigenvalue weighted by Gasteiger charge is -2.28. The second-order valence-corrected chi connectivity index (χ2v) is 11.7. The van der Waals surface area contributed by atoms with Gasteiger partial charge in [-0.3, -0.25) is 24.1 Å². The van der Waals surface area contributed by atoms with Gasteiger partial charge < -0.3 is 10.6 Å². The number of hydrogen-bond acceptors (Lipinski definition) is 6. The lowest BCUT2D eigenvalue weighted by atomic mass is 9.80. The van der Waals surface area contributed by atoms with E-state index in [4.69, 9.17) is 4.55 Å². The Bertz CT molecular complexity index is 1430. The third-order valence-electron chi connectivity index (χ3n) is 6.61. The first-order valence-corrected chi connectivity index (χ1v) is 14.6. The van der Waals surface area contributed by atoms with Gasteiger partial charge in [0.25, 0.3) is 10.1 Å². The number of hydroxylamine groups is 1. The highest BCUT2D eigenvalue weighted by Gasteiger charge is 2.36. The van der Waals surface area contributed by atoms with Crippen molar-refractivity contribution in [3.63, 3.8) is 0 Å². The molecule has 0 saturated heterocycles. The molecule has 0 aromatic heterocycles. The molecule has 0 fully saturated rings. The number of carbonyl (C=O) groups excluding carboxylic acids is 3. The number of carbonyl (C=O) groups is 3. The minimum Gasteiger partial charge on any atom is -0.344 e. The Kier molecular flexibility index (Phi) is 10.8. The second-order valence-electron chi connectivity index (χ2n) is 10.2. The minimum atomic E-state index is -4.49. The third kappa shape index (κ3) is 9.15. The van der Waals surface area contributed by atoms with Crippen LogP contribution in [0, 0.1) is 17.8 Å². The zero-order valence-electron chi connectivity index (χ0n) is 22.4. The fourth-order valence-electron chi connectivity index (χ4n) is 4.71. The Morgan fingerprint density at radius 2 is 1.43 bits per heavy atom. The molecule has 40 heavy (non-hydrogen) atoms. The number of nitrogens with one attached hydrogen (secondary N) is 3. The second kappa shape index (κ2) is 14.0. The Morgan fingerprint density at radius 1 is 0.775 bits per heavy atom. The summed E-state index contributed by atoms with van der Waals surface area (Å²) in [5.74, 6) is -5.05. The van der Waals surface area contributed by atoms with Crippen LogP contribution in [0.25, 0.3) is 10.8 Å². The Labute approximate surface area is 233 Å². The van der Waals surface area contributed by atoms with Crippen molar-refractivity contribution in [3.8, 4) is 0 Å². The van der Waals surface area contributed by atoms with Crippen LogP contribution in [-0.2, 0) is 37.3 Å². The summed E-state index contributed by atoms with van der Waals surface area (Å²) >= 11 is 0. The molecule has 0 aliphatic carbocycles. The van der Waals surface area contributed by atoms with Crippen LogP contribution in [0.4, 0.5) is 0 Å². The summed E-state index contributed by atoms with van der Waals surface area (Å²) in [6.45, 7) is 3.79. The molecule has 5 N–H and O–H groups in total. The standard InChI is InChI=1S/C29H35N3O7S/c1-19(2)14-24(25(28(34)32-36)16-21-12-13-22-10-6-7-11-23(22)15-21)27(33)31-26(17-20-8-4-3-5-9-20)29(35)30-18-40(37,38)39/h3-13,15,19,24-26,36H,14,16-18H2,1-2H3,(H,30,35)(H,31,33)(H,32,34)(H,37,38,39)/t24-,25?,26+/m1/s1. The van der Waals surface area contributed by atoms with Crippen LogP contribution in [0.1, 0.15) is 31.4 Å². The number of hydrogen-bond donors (Lipinski definition) is 5. The van der Waals surface area contributed by atoms with E-state index in [1.807, 2.05) is 56.3 Å². The minimum absolute atomic E-state index is 0.0118. The van der Waals surface area contributed by atoms with E-state index < -0.39 is 51.6 Å². The molecular weight excluding hydrogens is 534 g/mol. The molecule has 0 bridgehead atoms. The Morgan fingerprint density at radius 3 is 2.05 bits per heavy atom. The smallest absolute Gasteiger partial charge is 0.283 e. The predicted molar refractivity (Wildman–Crippen MR) is 151 cm³/mol. The molecule has 10 nitrogen and oxygen atoms in total. The maximum absolute atomic E-state index is 13.7. The van der Waals surface area contributed by atoms with Gasteiger partial charge in [-0.2, -0.15) is 8.42 Å². The first-order valence-electron chi connectivity index (χ1n) is 13.0. The van der Waals surface area contributed by atoms with Crippen LogP contribution < -0.4 is 16.1 Å². The summed E-state index contributed by atoms with van der Waals surface area (Å²) in [4.78, 5) is 39.6. The van der Waals surface area contributed by atoms with Crippen LogP contribution in [0.3, 0.4) is 0 Å². The molecule has 1 unspecified atom stereocenters. The van der Waals surface area contributed by atoms with Crippen molar-refractivity contribution < 1.29 is 32.6 Å². The summed E-state index contributed by atoms with van der Waals surface area (Å²) in [7, 11) is -4.49. The topological polar surface area (TPSA) is 162 Å². The first kappa shape index (κ1) is 30.7. The molecule has 3 amide bonds. The molecule has 0 aliphatic heterocycles. The van der Waals surface area contributed by atoms with Crippen molar-refractivity contribution in [1.29, 1.82) is 0 Å². The maximum atomic E-state index is 13.7. The quantitative estimate of drug-likeness (QED) is 0.120. The van der Waals surface area contributed by atoms with Gasteiger partial charge in [0.05, 0.1) is 11.8 Å². The zero-order chi connectivity index (χ0) is 29.3. The van der Waals surface area contributed by atoms with Crippen molar-refractivity contribution >= 4 is 38.6 Å². The van der Waals surface area contributed by atoms with Crippen LogP contribution in [0.15, 0.2) is 72.8 Å². The van der Waals surface area contributed by atoms with Gasteiger partial charge in [-0.25, -0.2) is 5.48 Å². The Balaban J connectivity index is 1.91. The summed E-state index contributed by atoms with van der Waals surface area (Å²) in [5.41, 5.74) is 3.19. The largest absolute Gasteiger partial charge is 0.344 e. The van der Waals surface area contributed by atoms with E-state index in [1.165, 1.54) is 0 Å². The molecular formula is C29H35N3O7S. The fourth-order valence-corrected chi connectivity index (χ4v) is 5.03. The van der Waals surface area contributed by atoms with Crippen LogP contribution in [-0.4, -0.2) is 47.8 Å². The van der Waals surface area contributed by atoms with Gasteiger partial charge in [-0.15, -0.1) is 0 Å². The van der Waals surface area contributed by atoms with Gasteiger partial charge in [-0.05, 0) is 40.7 Å². The lowest BCUT2D eigenvalue weighted by Crippen LogP contribution is -2.52. The number of rotatable bonds is 13. The van der Waals surface area contributed by atoms with E-state index in [0.717, 1.165) is 16.3 Å². The molecule has 0 aliphatic rings. The monoisotopic (exact) mass is 569 g/mol. The van der Waals surface area contributed by atoms with Crippen LogP contribution in [0.2, 0.25) is 0 Å². The molecule has 11 heteroatoms. The molecule has 0 heterocycles. The van der Waals surface area contributed by atoms with Gasteiger partial charge >= 0.3 is 0 Å². The van der Waals surface area contributed by atoms with Crippen molar-refractivity contribution in [3.05, 3.63) is 83.9 Å². The van der Waals surface area contributed by atoms with Gasteiger partial charge in [0.1, 0.15) is 11.9 Å². The maximum Gasteiger partial charge on any atom is 0.283 e. The molecule has 3 rings (SSSR count). The molecule has 3 aromatic rings. The highest BCUT2D eigenvalue weighted by molar-refractivity contribution is 7.85. The number of amides is 3. The first-order chi connectivity index (χ1) is 19.0. The van der Waals surface area contributed by atoms with Crippen molar-refractivity contribution in [1.82, 2.24) is 16.1 Å². The third-order valence-corrected chi connectivity index (χ3v) is 7.12. The van der Waals surface area contributed by atoms with Crippen molar-refractivity contribution in [2.75, 3.05) is 5.88 Å². The van der Waals surface area contributed by atoms with E-state index in [-0.39, 0.29) is 25.2 Å². The summed E-state index contributed by atoms with van der Waals surface area (Å²) < 4.78 is 31.5.